The Labute approximate surface area is 170 Å². The monoisotopic (exact) mass is 370 g/mol. The van der Waals surface area contributed by atoms with Gasteiger partial charge in [-0.25, -0.2) is 0 Å². The molecule has 4 aromatic carbocycles. The average Bonchev–Trinajstić information content (AvgIpc) is 2.72. The van der Waals surface area contributed by atoms with Crippen LogP contribution in [0.2, 0.25) is 0 Å². The van der Waals surface area contributed by atoms with E-state index in [0.29, 0.717) is 0 Å². The van der Waals surface area contributed by atoms with Crippen molar-refractivity contribution in [2.24, 2.45) is 0 Å². The fourth-order valence-electron chi connectivity index (χ4n) is 4.84. The molecule has 146 valence electrons. The fraction of sp³-hybridized carbons (Fsp3) is 0.357. The number of hydrogen-bond donors (Lipinski definition) is 0. The summed E-state index contributed by atoms with van der Waals surface area (Å²) >= 11 is 0. The van der Waals surface area contributed by atoms with Crippen LogP contribution in [0, 0.1) is 55.4 Å². The highest BCUT2D eigenvalue weighted by molar-refractivity contribution is 6.29. The summed E-state index contributed by atoms with van der Waals surface area (Å²) in [5.74, 6) is 0. The van der Waals surface area contributed by atoms with Crippen LogP contribution in [-0.4, -0.2) is 0 Å². The third-order valence-corrected chi connectivity index (χ3v) is 7.09. The van der Waals surface area contributed by atoms with Gasteiger partial charge < -0.3 is 0 Å². The maximum absolute atomic E-state index is 2.31. The minimum absolute atomic E-state index is 1.39. The molecule has 0 spiro atoms. The Kier molecular flexibility index (Phi) is 5.28. The van der Waals surface area contributed by atoms with Crippen molar-refractivity contribution in [1.82, 2.24) is 0 Å². The first-order chi connectivity index (χ1) is 13.3. The van der Waals surface area contributed by atoms with E-state index in [0.717, 1.165) is 0 Å². The molecule has 4 rings (SSSR count). The van der Waals surface area contributed by atoms with Crippen LogP contribution in [0.25, 0.3) is 32.3 Å². The summed E-state index contributed by atoms with van der Waals surface area (Å²) in [6.45, 7) is 22.3. The first-order valence-corrected chi connectivity index (χ1v) is 10.6. The van der Waals surface area contributed by atoms with Gasteiger partial charge in [0.25, 0.3) is 0 Å². The summed E-state index contributed by atoms with van der Waals surface area (Å²) in [6, 6.07) is 8.98. The van der Waals surface area contributed by atoms with Gasteiger partial charge in [0.15, 0.2) is 0 Å². The van der Waals surface area contributed by atoms with E-state index in [9.17, 15) is 0 Å². The lowest BCUT2D eigenvalue weighted by molar-refractivity contribution is 1.24. The van der Waals surface area contributed by atoms with E-state index in [1.165, 1.54) is 76.8 Å². The first kappa shape index (κ1) is 20.4. The maximum Gasteiger partial charge on any atom is -0.00613 e. The van der Waals surface area contributed by atoms with Crippen LogP contribution in [0.4, 0.5) is 0 Å². The second kappa shape index (κ2) is 7.24. The third kappa shape index (κ3) is 2.58. The largest absolute Gasteiger partial charge is 0.0683 e. The number of benzene rings is 4. The van der Waals surface area contributed by atoms with E-state index in [-0.39, 0.29) is 0 Å². The van der Waals surface area contributed by atoms with Gasteiger partial charge in [-0.3, -0.25) is 0 Å². The number of fused-ring (bicyclic) bond motifs is 6. The molecule has 0 aliphatic carbocycles. The maximum atomic E-state index is 2.31. The molecular formula is C28H34. The number of hydrogen-bond acceptors (Lipinski definition) is 0. The van der Waals surface area contributed by atoms with Crippen molar-refractivity contribution in [3.05, 3.63) is 68.8 Å². The molecule has 0 bridgehead atoms. The smallest absolute Gasteiger partial charge is 0.00613 e. The van der Waals surface area contributed by atoms with Gasteiger partial charge in [0.1, 0.15) is 0 Å². The SMILES string of the molecule is CC.Cc1c(C)c(C)c2c(c1C)c1ccccc1c1c(C)c(C)c(C)c(C)c12. The Morgan fingerprint density at radius 2 is 0.607 bits per heavy atom. The molecule has 4 aromatic rings. The molecule has 0 nitrogen and oxygen atoms in total. The van der Waals surface area contributed by atoms with Crippen LogP contribution in [0.5, 0.6) is 0 Å². The highest BCUT2D eigenvalue weighted by Gasteiger charge is 2.20. The Morgan fingerprint density at radius 3 is 0.893 bits per heavy atom. The molecule has 0 radical (unpaired) electrons. The minimum atomic E-state index is 1.39. The molecular weight excluding hydrogens is 336 g/mol. The molecule has 0 aliphatic heterocycles. The van der Waals surface area contributed by atoms with Crippen LogP contribution in [-0.2, 0) is 0 Å². The van der Waals surface area contributed by atoms with Gasteiger partial charge in [-0.15, -0.1) is 0 Å². The van der Waals surface area contributed by atoms with Gasteiger partial charge in [-0.1, -0.05) is 38.1 Å². The summed E-state index contributed by atoms with van der Waals surface area (Å²) in [4.78, 5) is 0. The van der Waals surface area contributed by atoms with Crippen molar-refractivity contribution in [3.63, 3.8) is 0 Å². The van der Waals surface area contributed by atoms with Crippen LogP contribution in [0.1, 0.15) is 58.4 Å². The van der Waals surface area contributed by atoms with Gasteiger partial charge >= 0.3 is 0 Å². The van der Waals surface area contributed by atoms with E-state index >= 15 is 0 Å². The Morgan fingerprint density at radius 1 is 0.357 bits per heavy atom. The van der Waals surface area contributed by atoms with Crippen molar-refractivity contribution < 1.29 is 0 Å². The van der Waals surface area contributed by atoms with Crippen molar-refractivity contribution in [2.45, 2.75) is 69.2 Å². The minimum Gasteiger partial charge on any atom is -0.0683 e. The van der Waals surface area contributed by atoms with E-state index in [1.807, 2.05) is 13.8 Å². The highest BCUT2D eigenvalue weighted by Crippen LogP contribution is 2.44. The van der Waals surface area contributed by atoms with Gasteiger partial charge in [0, 0.05) is 0 Å². The topological polar surface area (TPSA) is 0 Å². The summed E-state index contributed by atoms with van der Waals surface area (Å²) in [5, 5.41) is 8.60. The zero-order valence-electron chi connectivity index (χ0n) is 19.3. The molecule has 0 heterocycles. The van der Waals surface area contributed by atoms with Gasteiger partial charge in [-0.2, -0.15) is 0 Å². The van der Waals surface area contributed by atoms with Crippen LogP contribution in [0.3, 0.4) is 0 Å². The van der Waals surface area contributed by atoms with E-state index in [1.54, 1.807) is 0 Å². The lowest BCUT2D eigenvalue weighted by Gasteiger charge is -2.23. The molecule has 0 aliphatic rings. The van der Waals surface area contributed by atoms with Crippen LogP contribution < -0.4 is 0 Å². The summed E-state index contributed by atoms with van der Waals surface area (Å²) in [6.07, 6.45) is 0. The summed E-state index contributed by atoms with van der Waals surface area (Å²) in [7, 11) is 0. The van der Waals surface area contributed by atoms with Crippen molar-refractivity contribution in [2.75, 3.05) is 0 Å². The molecule has 0 heteroatoms. The van der Waals surface area contributed by atoms with Crippen molar-refractivity contribution in [1.29, 1.82) is 0 Å². The molecule has 0 atom stereocenters. The molecule has 0 saturated carbocycles. The van der Waals surface area contributed by atoms with Gasteiger partial charge in [-0.05, 0) is 132 Å². The average molecular weight is 371 g/mol. The number of rotatable bonds is 0. The van der Waals surface area contributed by atoms with Gasteiger partial charge in [0.05, 0.1) is 0 Å². The second-order valence-electron chi connectivity index (χ2n) is 8.05. The van der Waals surface area contributed by atoms with Gasteiger partial charge in [0.2, 0.25) is 0 Å². The molecule has 0 fully saturated rings. The second-order valence-corrected chi connectivity index (χ2v) is 8.05. The Hall–Kier alpha value is -2.34. The predicted octanol–water partition coefficient (Wildman–Crippen LogP) is 8.64. The standard InChI is InChI=1S/C26H28.C2H6/c1-13-15(3)19(7)25-23(17(13)5)21-11-9-10-12-22(21)24-18(6)14(2)16(4)20(8)26(24)25;1-2/h9-12H,1-8H3;1-2H3. The Balaban J connectivity index is 0.00000109. The lowest BCUT2D eigenvalue weighted by Crippen LogP contribution is -2.00. The van der Waals surface area contributed by atoms with E-state index < -0.39 is 0 Å². The molecule has 0 N–H and O–H groups in total. The fourth-order valence-corrected chi connectivity index (χ4v) is 4.84. The summed E-state index contributed by atoms with van der Waals surface area (Å²) in [5.41, 5.74) is 11.4. The van der Waals surface area contributed by atoms with E-state index in [4.69, 9.17) is 0 Å². The zero-order chi connectivity index (χ0) is 20.9. The molecule has 0 amide bonds. The third-order valence-electron chi connectivity index (χ3n) is 7.09. The zero-order valence-corrected chi connectivity index (χ0v) is 19.3. The first-order valence-electron chi connectivity index (χ1n) is 10.6. The highest BCUT2D eigenvalue weighted by atomic mass is 14.2. The Bertz CT molecular complexity index is 1140. The van der Waals surface area contributed by atoms with Crippen LogP contribution in [0.15, 0.2) is 24.3 Å². The quantitative estimate of drug-likeness (QED) is 0.272. The molecule has 0 saturated heterocycles. The van der Waals surface area contributed by atoms with E-state index in [2.05, 4.69) is 79.7 Å². The molecule has 0 aromatic heterocycles. The normalized spacial score (nSPS) is 11.2. The van der Waals surface area contributed by atoms with Crippen molar-refractivity contribution in [3.8, 4) is 0 Å². The molecule has 0 unspecified atom stereocenters. The molecule has 28 heavy (non-hydrogen) atoms. The number of aryl methyl sites for hydroxylation is 4. The van der Waals surface area contributed by atoms with Crippen LogP contribution >= 0.6 is 0 Å². The predicted molar refractivity (Wildman–Crippen MR) is 128 cm³/mol. The lowest BCUT2D eigenvalue weighted by atomic mass is 9.81. The summed E-state index contributed by atoms with van der Waals surface area (Å²) < 4.78 is 0. The van der Waals surface area contributed by atoms with Crippen molar-refractivity contribution >= 4 is 32.3 Å².